The predicted molar refractivity (Wildman–Crippen MR) is 110 cm³/mol. The number of hydrogen-bond donors (Lipinski definition) is 2. The van der Waals surface area contributed by atoms with Crippen LogP contribution in [0.2, 0.25) is 11.6 Å². The van der Waals surface area contributed by atoms with Gasteiger partial charge in [0, 0.05) is 16.7 Å². The fraction of sp³-hybridized carbons (Fsp3) is 0.524. The monoisotopic (exact) mass is 350 g/mol. The number of rotatable bonds is 4. The van der Waals surface area contributed by atoms with Crippen molar-refractivity contribution >= 4 is 23.9 Å². The highest BCUT2D eigenvalue weighted by Gasteiger charge is 2.21. The Balaban J connectivity index is 1.94. The van der Waals surface area contributed by atoms with Gasteiger partial charge in [-0.1, -0.05) is 44.4 Å². The van der Waals surface area contributed by atoms with Gasteiger partial charge in [-0.3, -0.25) is 0 Å². The topological polar surface area (TPSA) is 61.8 Å². The summed E-state index contributed by atoms with van der Waals surface area (Å²) in [5.41, 5.74) is 5.01. The summed E-state index contributed by atoms with van der Waals surface area (Å²) in [4.78, 5) is 3.50. The summed E-state index contributed by atoms with van der Waals surface area (Å²) in [7, 11) is 2.50. The molecule has 0 amide bonds. The molecule has 1 unspecified atom stereocenters. The van der Waals surface area contributed by atoms with E-state index < -0.39 is 0 Å². The molecule has 2 heterocycles. The summed E-state index contributed by atoms with van der Waals surface area (Å²) in [5, 5.41) is 20.0. The third-order valence-corrected chi connectivity index (χ3v) is 5.29. The summed E-state index contributed by atoms with van der Waals surface area (Å²) in [5.74, 6) is 1.60. The number of aliphatic hydroxyl groups is 1. The van der Waals surface area contributed by atoms with Gasteiger partial charge < -0.3 is 10.1 Å². The summed E-state index contributed by atoms with van der Waals surface area (Å²) in [6.45, 7) is 8.27. The zero-order valence-electron chi connectivity index (χ0n) is 16.3. The molecular formula is C21H29BN3O. The lowest BCUT2D eigenvalue weighted by atomic mass is 9.53. The van der Waals surface area contributed by atoms with Crippen molar-refractivity contribution in [1.29, 1.82) is 0 Å². The molecule has 2 aromatic heterocycles. The van der Waals surface area contributed by atoms with Crippen LogP contribution < -0.4 is 0 Å². The third-order valence-electron chi connectivity index (χ3n) is 5.29. The van der Waals surface area contributed by atoms with Crippen LogP contribution in [0.1, 0.15) is 63.9 Å². The Morgan fingerprint density at radius 1 is 1.23 bits per heavy atom. The van der Waals surface area contributed by atoms with Crippen LogP contribution >= 0.6 is 0 Å². The first-order valence-corrected chi connectivity index (χ1v) is 9.78. The molecule has 5 heteroatoms. The molecule has 1 aliphatic carbocycles. The largest absolute Gasteiger partial charge is 0.508 e. The van der Waals surface area contributed by atoms with Gasteiger partial charge in [0.2, 0.25) is 0 Å². The van der Waals surface area contributed by atoms with Gasteiger partial charge in [-0.05, 0) is 50.8 Å². The molecule has 0 fully saturated rings. The highest BCUT2D eigenvalue weighted by atomic mass is 16.3. The van der Waals surface area contributed by atoms with Gasteiger partial charge in [-0.15, -0.1) is 10.2 Å². The van der Waals surface area contributed by atoms with Crippen molar-refractivity contribution in [2.24, 2.45) is 0 Å². The number of aliphatic hydroxyl groups excluding tert-OH is 1. The molecule has 1 atom stereocenters. The van der Waals surface area contributed by atoms with Crippen molar-refractivity contribution in [1.82, 2.24) is 15.2 Å². The molecule has 0 saturated heterocycles. The molecule has 3 rings (SSSR count). The third kappa shape index (κ3) is 3.87. The number of fused-ring (bicyclic) bond motifs is 3. The molecule has 0 spiro atoms. The highest BCUT2D eigenvalue weighted by Crippen LogP contribution is 2.33. The van der Waals surface area contributed by atoms with E-state index in [1.165, 1.54) is 30.5 Å². The van der Waals surface area contributed by atoms with Crippen molar-refractivity contribution in [3.05, 3.63) is 40.9 Å². The maximum atomic E-state index is 10.1. The number of aryl methyl sites for hydroxylation is 2. The Labute approximate surface area is 157 Å². The lowest BCUT2D eigenvalue weighted by molar-refractivity contribution is 0.436. The predicted octanol–water partition coefficient (Wildman–Crippen LogP) is 5.41. The number of hydrogen-bond acceptors (Lipinski definition) is 3. The first kappa shape index (κ1) is 18.7. The SMILES string of the molecule is C/C=C(\C(O)=C/C)c1cc2c3c([nH]c2nn1)CCC([B]C(C)C)CCC3. The number of H-pyrrole nitrogens is 1. The average Bonchev–Trinajstić information content (AvgIpc) is 2.94. The number of aromatic nitrogens is 3. The summed E-state index contributed by atoms with van der Waals surface area (Å²) in [6, 6.07) is 2.08. The van der Waals surface area contributed by atoms with Crippen molar-refractivity contribution in [2.75, 3.05) is 0 Å². The van der Waals surface area contributed by atoms with Gasteiger partial charge in [-0.2, -0.15) is 0 Å². The normalized spacial score (nSPS) is 19.3. The van der Waals surface area contributed by atoms with Gasteiger partial charge in [0.1, 0.15) is 13.0 Å². The second-order valence-electron chi connectivity index (χ2n) is 7.58. The first-order valence-electron chi connectivity index (χ1n) is 9.78. The lowest BCUT2D eigenvalue weighted by Gasteiger charge is -2.20. The summed E-state index contributed by atoms with van der Waals surface area (Å²) in [6.07, 6.45) is 9.35. The van der Waals surface area contributed by atoms with Crippen molar-refractivity contribution in [2.45, 2.75) is 71.4 Å². The van der Waals surface area contributed by atoms with Crippen molar-refractivity contribution in [3.8, 4) is 0 Å². The number of allylic oxidation sites excluding steroid dienone is 3. The number of nitrogens with one attached hydrogen (secondary N) is 1. The van der Waals surface area contributed by atoms with E-state index in [-0.39, 0.29) is 5.76 Å². The van der Waals surface area contributed by atoms with Crippen LogP contribution in [0.25, 0.3) is 16.6 Å². The first-order chi connectivity index (χ1) is 12.5. The molecule has 2 N–H and O–H groups in total. The highest BCUT2D eigenvalue weighted by molar-refractivity contribution is 6.39. The maximum Gasteiger partial charge on any atom is 0.160 e. The van der Waals surface area contributed by atoms with Crippen LogP contribution in [-0.2, 0) is 12.8 Å². The van der Waals surface area contributed by atoms with Crippen LogP contribution in [0.5, 0.6) is 0 Å². The quantitative estimate of drug-likeness (QED) is 0.440. The van der Waals surface area contributed by atoms with E-state index >= 15 is 0 Å². The molecule has 4 nitrogen and oxygen atoms in total. The van der Waals surface area contributed by atoms with E-state index in [1.807, 2.05) is 19.9 Å². The van der Waals surface area contributed by atoms with E-state index in [1.54, 1.807) is 6.08 Å². The Morgan fingerprint density at radius 3 is 2.73 bits per heavy atom. The molecule has 1 radical (unpaired) electrons. The second-order valence-corrected chi connectivity index (χ2v) is 7.58. The molecule has 0 aliphatic heterocycles. The summed E-state index contributed by atoms with van der Waals surface area (Å²) >= 11 is 0. The number of aromatic amines is 1. The van der Waals surface area contributed by atoms with E-state index in [4.69, 9.17) is 0 Å². The van der Waals surface area contributed by atoms with Crippen LogP contribution in [0.4, 0.5) is 0 Å². The Morgan fingerprint density at radius 2 is 2.04 bits per heavy atom. The molecule has 0 saturated carbocycles. The van der Waals surface area contributed by atoms with Gasteiger partial charge in [-0.25, -0.2) is 0 Å². The zero-order chi connectivity index (χ0) is 18.7. The Bertz CT molecular complexity index is 835. The molecule has 137 valence electrons. The van der Waals surface area contributed by atoms with Gasteiger partial charge >= 0.3 is 0 Å². The average molecular weight is 350 g/mol. The lowest BCUT2D eigenvalue weighted by Crippen LogP contribution is -2.11. The van der Waals surface area contributed by atoms with E-state index in [0.29, 0.717) is 11.6 Å². The van der Waals surface area contributed by atoms with Gasteiger partial charge in [0.25, 0.3) is 0 Å². The minimum absolute atomic E-state index is 0.242. The van der Waals surface area contributed by atoms with E-state index in [0.717, 1.165) is 35.1 Å². The van der Waals surface area contributed by atoms with E-state index in [9.17, 15) is 5.11 Å². The molecule has 2 aromatic rings. The Hall–Kier alpha value is -2.04. The van der Waals surface area contributed by atoms with Crippen LogP contribution in [0.15, 0.2) is 24.0 Å². The summed E-state index contributed by atoms with van der Waals surface area (Å²) < 4.78 is 0. The van der Waals surface area contributed by atoms with Crippen LogP contribution in [0, 0.1) is 0 Å². The standard InChI is InChI=1S/C21H29BN3O/c1-5-15(20(26)6-2)19-12-17-16-9-7-8-14(22-13(3)4)10-11-18(16)23-21(17)25-24-19/h5-6,12-14,26H,7-11H2,1-4H3,(H,23,25)/b15-5-,20-6+. The Kier molecular flexibility index (Phi) is 5.85. The van der Waals surface area contributed by atoms with Gasteiger partial charge in [0.05, 0.1) is 5.69 Å². The maximum absolute atomic E-state index is 10.1. The smallest absolute Gasteiger partial charge is 0.160 e. The molecule has 0 aromatic carbocycles. The second kappa shape index (κ2) is 8.11. The number of nitrogens with zero attached hydrogens (tertiary/aromatic N) is 2. The van der Waals surface area contributed by atoms with Crippen LogP contribution in [0.3, 0.4) is 0 Å². The fourth-order valence-corrected chi connectivity index (χ4v) is 4.06. The minimum atomic E-state index is 0.242. The fourth-order valence-electron chi connectivity index (χ4n) is 4.06. The molecule has 0 bridgehead atoms. The zero-order valence-corrected chi connectivity index (χ0v) is 16.3. The molecular weight excluding hydrogens is 321 g/mol. The van der Waals surface area contributed by atoms with Crippen LogP contribution in [-0.4, -0.2) is 27.6 Å². The van der Waals surface area contributed by atoms with Gasteiger partial charge in [0.15, 0.2) is 5.65 Å². The molecule has 26 heavy (non-hydrogen) atoms. The minimum Gasteiger partial charge on any atom is -0.508 e. The van der Waals surface area contributed by atoms with Crippen molar-refractivity contribution in [3.63, 3.8) is 0 Å². The van der Waals surface area contributed by atoms with E-state index in [2.05, 4.69) is 42.4 Å². The molecule has 1 aliphatic rings. The van der Waals surface area contributed by atoms with Crippen molar-refractivity contribution < 1.29 is 5.11 Å².